The lowest BCUT2D eigenvalue weighted by Gasteiger charge is -2.37. The lowest BCUT2D eigenvalue weighted by atomic mass is 9.67. The van der Waals surface area contributed by atoms with Crippen LogP contribution in [-0.2, 0) is 21.7 Å². The number of hydrogen-bond donors (Lipinski definition) is 0. The van der Waals surface area contributed by atoms with Crippen LogP contribution in [0.25, 0.3) is 44.2 Å². The van der Waals surface area contributed by atoms with Crippen LogP contribution in [0, 0.1) is 13.8 Å². The average Bonchev–Trinajstić information content (AvgIpc) is 1.49. The van der Waals surface area contributed by atoms with Gasteiger partial charge in [0.25, 0.3) is 0 Å². The van der Waals surface area contributed by atoms with Crippen LogP contribution in [-0.4, -0.2) is 16.1 Å². The topological polar surface area (TPSA) is 19.6 Å². The molecule has 1 unspecified atom stereocenters. The highest BCUT2D eigenvalue weighted by Gasteiger charge is 2.54. The van der Waals surface area contributed by atoms with Crippen LogP contribution in [0.3, 0.4) is 0 Å². The molecule has 0 radical (unpaired) electrons. The number of anilines is 6. The van der Waals surface area contributed by atoms with E-state index in [4.69, 9.17) is 4.42 Å². The van der Waals surface area contributed by atoms with E-state index in [0.29, 0.717) is 0 Å². The summed E-state index contributed by atoms with van der Waals surface area (Å²) >= 11 is 1.83. The molecule has 0 saturated heterocycles. The first-order valence-corrected chi connectivity index (χ1v) is 40.3. The van der Waals surface area contributed by atoms with Crippen molar-refractivity contribution in [2.45, 2.75) is 140 Å². The van der Waals surface area contributed by atoms with Gasteiger partial charge in [0.1, 0.15) is 19.2 Å². The largest absolute Gasteiger partial charge is 0.455 e. The van der Waals surface area contributed by atoms with E-state index in [2.05, 4.69) is 349 Å². The van der Waals surface area contributed by atoms with Gasteiger partial charge in [0.15, 0.2) is 0 Å². The summed E-state index contributed by atoms with van der Waals surface area (Å²) in [4.78, 5) is 7.55. The Labute approximate surface area is 553 Å². The highest BCUT2D eigenvalue weighted by atomic mass is 32.2. The lowest BCUT2D eigenvalue weighted by Crippen LogP contribution is -2.50. The number of fused-ring (bicyclic) bond motifs is 11. The summed E-state index contributed by atoms with van der Waals surface area (Å²) in [5.74, 6) is 0. The van der Waals surface area contributed by atoms with E-state index in [1.807, 2.05) is 11.8 Å². The number of furan rings is 1. The van der Waals surface area contributed by atoms with E-state index in [1.54, 1.807) is 0 Å². The molecule has 0 fully saturated rings. The number of benzene rings is 11. The second-order valence-corrected chi connectivity index (χ2v) is 41.3. The minimum atomic E-state index is -2.67. The lowest BCUT2D eigenvalue weighted by molar-refractivity contribution is 0.589. The van der Waals surface area contributed by atoms with Gasteiger partial charge in [0, 0.05) is 49.1 Å². The summed E-state index contributed by atoms with van der Waals surface area (Å²) in [6.07, 6.45) is 0. The molecule has 3 nitrogen and oxygen atoms in total. The Balaban J connectivity index is 1.18. The molecule has 460 valence electrons. The first-order valence-electron chi connectivity index (χ1n) is 33.0. The zero-order valence-corrected chi connectivity index (χ0v) is 59.5. The molecule has 2 aliphatic rings. The van der Waals surface area contributed by atoms with Crippen LogP contribution >= 0.6 is 11.8 Å². The fraction of sp³-hybridized carbons (Fsp3) is 0.233. The Morgan fingerprint density at radius 1 is 0.435 bits per heavy atom. The zero-order chi connectivity index (χ0) is 64.6. The quantitative estimate of drug-likeness (QED) is 0.120. The molecule has 11 aromatic carbocycles. The third-order valence-corrected chi connectivity index (χ3v) is 26.5. The Kier molecular flexibility index (Phi) is 14.7. The van der Waals surface area contributed by atoms with E-state index in [0.717, 1.165) is 50.4 Å². The molecular weight excluding hydrogens is 1170 g/mol. The van der Waals surface area contributed by atoms with E-state index in [-0.39, 0.29) is 16.2 Å². The maximum atomic E-state index is 7.80. The number of aryl methyl sites for hydroxylation is 2. The maximum absolute atomic E-state index is 7.80. The van der Waals surface area contributed by atoms with Gasteiger partial charge in [-0.3, -0.25) is 0 Å². The SMILES string of the molecule is Cc1cccc(N(c2ccc(C(C)(C)C)cc2)c2cc3c(c4c2-c2ccccc2[Si]4(C)C)-c2c(cc(N(c4ccc(C(C)(C)C)cc4)c4cccc(C)c4)c4c2oc2ccccc24)C3(c2ccc(Sc3ccc(C(C)(C)C)cc3)cc2)c2ccc([Si](C)(C)C)cc2)c1. The van der Waals surface area contributed by atoms with E-state index in [1.165, 1.54) is 103 Å². The van der Waals surface area contributed by atoms with Gasteiger partial charge in [-0.15, -0.1) is 0 Å². The molecule has 12 aromatic rings. The number of rotatable bonds is 11. The monoisotopic (exact) mass is 1250 g/mol. The number of hydrogen-bond acceptors (Lipinski definition) is 4. The molecule has 1 atom stereocenters. The number of nitrogens with zero attached hydrogens (tertiary/aromatic N) is 2. The second-order valence-electron chi connectivity index (χ2n) is 30.8. The van der Waals surface area contributed by atoms with Gasteiger partial charge >= 0.3 is 0 Å². The van der Waals surface area contributed by atoms with Crippen molar-refractivity contribution in [3.8, 4) is 22.3 Å². The standard InChI is InChI=1S/C86H86N2OSSi2/c1-55-23-21-25-64(51-55)87(62-41-31-57(32-42-62)83(3,4)5)73-53-71-79(81-77(73)69-27-17-19-29-75(69)89-81)80-72(86(71,61-39-49-68(50-40-61)91(12,13)14)60-37-47-67(48-38-60)90-66-45-35-59(36-46-66)85(9,10)11)54-74(78-70-28-18-20-30-76(70)92(15,16)82(78)80)88(65-26-22-24-56(2)52-65)63-43-33-58(34-44-63)84(6,7)8/h17-54H,1-16H3. The Bertz CT molecular complexity index is 4840. The Hall–Kier alpha value is -8.40. The molecule has 92 heavy (non-hydrogen) atoms. The molecule has 0 spiro atoms. The van der Waals surface area contributed by atoms with Crippen molar-refractivity contribution in [3.05, 3.63) is 281 Å². The smallest absolute Gasteiger partial charge is 0.145 e. The van der Waals surface area contributed by atoms with E-state index >= 15 is 0 Å². The molecule has 2 heterocycles. The van der Waals surface area contributed by atoms with Crippen LogP contribution in [0.4, 0.5) is 34.1 Å². The van der Waals surface area contributed by atoms with E-state index < -0.39 is 21.6 Å². The molecule has 6 heteroatoms. The van der Waals surface area contributed by atoms with Crippen molar-refractivity contribution in [2.24, 2.45) is 0 Å². The zero-order valence-electron chi connectivity index (χ0n) is 56.7. The summed E-state index contributed by atoms with van der Waals surface area (Å²) in [5, 5.41) is 6.53. The van der Waals surface area contributed by atoms with Gasteiger partial charge in [-0.2, -0.15) is 0 Å². The summed E-state index contributed by atoms with van der Waals surface area (Å²) in [7, 11) is -4.46. The van der Waals surface area contributed by atoms with Crippen LogP contribution in [0.15, 0.2) is 245 Å². The second kappa shape index (κ2) is 22.1. The summed E-state index contributed by atoms with van der Waals surface area (Å²) in [6, 6.07) is 89.3. The van der Waals surface area contributed by atoms with Crippen molar-refractivity contribution in [3.63, 3.8) is 0 Å². The fourth-order valence-corrected chi connectivity index (χ4v) is 20.4. The molecule has 1 aliphatic heterocycles. The van der Waals surface area contributed by atoms with Crippen molar-refractivity contribution >= 4 is 99.5 Å². The molecule has 0 amide bonds. The van der Waals surface area contributed by atoms with Gasteiger partial charge in [0.2, 0.25) is 0 Å². The average molecular weight is 1250 g/mol. The molecule has 1 aliphatic carbocycles. The molecule has 14 rings (SSSR count). The Morgan fingerprint density at radius 2 is 0.891 bits per heavy atom. The van der Waals surface area contributed by atoms with Crippen LogP contribution in [0.2, 0.25) is 32.7 Å². The van der Waals surface area contributed by atoms with Crippen LogP contribution in [0.1, 0.15) is 112 Å². The summed E-state index contributed by atoms with van der Waals surface area (Å²) in [6.45, 7) is 37.8. The van der Waals surface area contributed by atoms with Gasteiger partial charge in [-0.05, 0) is 193 Å². The van der Waals surface area contributed by atoms with Crippen molar-refractivity contribution in [2.75, 3.05) is 9.80 Å². The van der Waals surface area contributed by atoms with Gasteiger partial charge < -0.3 is 14.2 Å². The van der Waals surface area contributed by atoms with Gasteiger partial charge in [-0.1, -0.05) is 252 Å². The van der Waals surface area contributed by atoms with Gasteiger partial charge in [-0.25, -0.2) is 0 Å². The highest BCUT2D eigenvalue weighted by Crippen LogP contribution is 2.63. The van der Waals surface area contributed by atoms with Crippen LogP contribution < -0.4 is 25.4 Å². The van der Waals surface area contributed by atoms with E-state index in [9.17, 15) is 0 Å². The van der Waals surface area contributed by atoms with Crippen molar-refractivity contribution in [1.29, 1.82) is 0 Å². The fourth-order valence-electron chi connectivity index (χ4n) is 15.0. The third-order valence-electron chi connectivity index (χ3n) is 19.9. The third kappa shape index (κ3) is 10.2. The number of para-hydroxylation sites is 1. The minimum Gasteiger partial charge on any atom is -0.455 e. The highest BCUT2D eigenvalue weighted by molar-refractivity contribution is 7.99. The molecule has 1 aromatic heterocycles. The predicted octanol–water partition coefficient (Wildman–Crippen LogP) is 22.9. The van der Waals surface area contributed by atoms with Crippen LogP contribution in [0.5, 0.6) is 0 Å². The summed E-state index contributed by atoms with van der Waals surface area (Å²) < 4.78 is 7.80. The Morgan fingerprint density at radius 3 is 1.41 bits per heavy atom. The first-order chi connectivity index (χ1) is 43.7. The molecular formula is C86H86N2OSSi2. The molecule has 0 bridgehead atoms. The maximum Gasteiger partial charge on any atom is 0.145 e. The van der Waals surface area contributed by atoms with Crippen molar-refractivity contribution < 1.29 is 4.42 Å². The van der Waals surface area contributed by atoms with Gasteiger partial charge in [0.05, 0.1) is 30.2 Å². The molecule has 0 N–H and O–H groups in total. The minimum absolute atomic E-state index is 0.0247. The molecule has 0 saturated carbocycles. The predicted molar refractivity (Wildman–Crippen MR) is 402 cm³/mol. The normalized spacial score (nSPS) is 15.1. The van der Waals surface area contributed by atoms with Crippen molar-refractivity contribution in [1.82, 2.24) is 0 Å². The summed E-state index contributed by atoms with van der Waals surface area (Å²) in [5.41, 5.74) is 24.0. The first kappa shape index (κ1) is 61.1.